The molecule has 2 heterocycles. The van der Waals surface area contributed by atoms with Crippen molar-refractivity contribution in [2.75, 3.05) is 20.4 Å². The van der Waals surface area contributed by atoms with Crippen molar-refractivity contribution in [3.8, 4) is 17.2 Å². The van der Waals surface area contributed by atoms with E-state index in [2.05, 4.69) is 0 Å². The third-order valence-corrected chi connectivity index (χ3v) is 5.93. The van der Waals surface area contributed by atoms with Crippen molar-refractivity contribution >= 4 is 22.9 Å². The first-order valence-corrected chi connectivity index (χ1v) is 10.8. The molecule has 0 spiro atoms. The summed E-state index contributed by atoms with van der Waals surface area (Å²) in [5.74, 6) is 0.930. The minimum absolute atomic E-state index is 0.153. The maximum atomic E-state index is 13.2. The zero-order chi connectivity index (χ0) is 23.0. The minimum atomic E-state index is -0.682. The highest BCUT2D eigenvalue weighted by molar-refractivity contribution is 6.64. The summed E-state index contributed by atoms with van der Waals surface area (Å²) in [6.07, 6.45) is -0.496. The molecular weight excluding hydrogens is 434 g/mol. The number of carbonyl (C=O) groups is 2. The number of methoxy groups -OCH3 is 1. The number of ether oxygens (including phenoxy) is 4. The van der Waals surface area contributed by atoms with E-state index in [0.29, 0.717) is 17.2 Å². The van der Waals surface area contributed by atoms with Crippen LogP contribution in [0.1, 0.15) is 43.9 Å². The summed E-state index contributed by atoms with van der Waals surface area (Å²) in [5, 5.41) is -0.514. The maximum absolute atomic E-state index is 13.2. The van der Waals surface area contributed by atoms with Crippen LogP contribution in [-0.4, -0.2) is 42.3 Å². The van der Waals surface area contributed by atoms with Gasteiger partial charge in [0.15, 0.2) is 11.5 Å². The molecule has 0 bridgehead atoms. The second kappa shape index (κ2) is 8.54. The number of hydrogen-bond acceptors (Lipinski definition) is 6. The summed E-state index contributed by atoms with van der Waals surface area (Å²) in [4.78, 5) is 27.5. The lowest BCUT2D eigenvalue weighted by Crippen LogP contribution is -2.37. The van der Waals surface area contributed by atoms with Crippen LogP contribution in [0.25, 0.3) is 0 Å². The van der Waals surface area contributed by atoms with E-state index in [0.717, 1.165) is 11.1 Å². The van der Waals surface area contributed by atoms with Crippen LogP contribution >= 0.6 is 11.6 Å². The van der Waals surface area contributed by atoms with Gasteiger partial charge in [0.05, 0.1) is 19.1 Å². The number of rotatable bonds is 4. The van der Waals surface area contributed by atoms with E-state index in [9.17, 15) is 9.59 Å². The summed E-state index contributed by atoms with van der Waals surface area (Å²) in [6, 6.07) is 12.2. The first-order valence-electron chi connectivity index (χ1n) is 10.4. The van der Waals surface area contributed by atoms with Crippen LogP contribution in [0.15, 0.2) is 42.5 Å². The lowest BCUT2D eigenvalue weighted by molar-refractivity contribution is -0.116. The zero-order valence-corrected chi connectivity index (χ0v) is 19.2. The quantitative estimate of drug-likeness (QED) is 0.606. The summed E-state index contributed by atoms with van der Waals surface area (Å²) in [5.41, 5.74) is 0.940. The Balaban J connectivity index is 1.76. The van der Waals surface area contributed by atoms with E-state index >= 15 is 0 Å². The summed E-state index contributed by atoms with van der Waals surface area (Å²) in [7, 11) is 1.58. The molecule has 0 N–H and O–H groups in total. The van der Waals surface area contributed by atoms with Gasteiger partial charge in [-0.25, -0.2) is 4.79 Å². The molecule has 3 atom stereocenters. The molecule has 32 heavy (non-hydrogen) atoms. The molecule has 8 heteroatoms. The summed E-state index contributed by atoms with van der Waals surface area (Å²) >= 11 is 6.15. The van der Waals surface area contributed by atoms with Crippen molar-refractivity contribution in [1.82, 2.24) is 4.90 Å². The first kappa shape index (κ1) is 22.3. The molecule has 0 aromatic heterocycles. The van der Waals surface area contributed by atoms with Crippen LogP contribution < -0.4 is 14.2 Å². The fraction of sp³-hybridized carbons (Fsp3) is 0.417. The molecule has 2 aromatic rings. The van der Waals surface area contributed by atoms with E-state index in [1.165, 1.54) is 0 Å². The normalized spacial score (nSPS) is 22.0. The number of amides is 1. The number of hydrogen-bond donors (Lipinski definition) is 0. The molecule has 0 aliphatic carbocycles. The van der Waals surface area contributed by atoms with Crippen LogP contribution in [0.2, 0.25) is 0 Å². The highest BCUT2D eigenvalue weighted by Crippen LogP contribution is 2.49. The molecule has 170 valence electrons. The Morgan fingerprint density at radius 1 is 1.03 bits per heavy atom. The zero-order valence-electron chi connectivity index (χ0n) is 18.5. The predicted octanol–water partition coefficient (Wildman–Crippen LogP) is 4.88. The number of carbonyl (C=O) groups excluding carboxylic acids is 2. The molecular formula is C24H26ClNO6. The van der Waals surface area contributed by atoms with Gasteiger partial charge in [-0.15, -0.1) is 0 Å². The Morgan fingerprint density at radius 2 is 1.69 bits per heavy atom. The second-order valence-corrected chi connectivity index (χ2v) is 9.27. The Kier molecular flexibility index (Phi) is 5.95. The minimum Gasteiger partial charge on any atom is -0.497 e. The lowest BCUT2D eigenvalue weighted by Gasteiger charge is -2.30. The van der Waals surface area contributed by atoms with E-state index in [1.807, 2.05) is 51.1 Å². The van der Waals surface area contributed by atoms with E-state index in [-0.39, 0.29) is 19.3 Å². The van der Waals surface area contributed by atoms with Gasteiger partial charge in [-0.3, -0.25) is 9.69 Å². The molecule has 0 unspecified atom stereocenters. The van der Waals surface area contributed by atoms with Crippen molar-refractivity contribution in [1.29, 1.82) is 0 Å². The molecule has 1 saturated heterocycles. The average molecular weight is 460 g/mol. The monoisotopic (exact) mass is 459 g/mol. The molecule has 0 radical (unpaired) electrons. The average Bonchev–Trinajstić information content (AvgIpc) is 3.36. The third kappa shape index (κ3) is 4.35. The van der Waals surface area contributed by atoms with E-state index < -0.39 is 28.9 Å². The smallest absolute Gasteiger partial charge is 0.410 e. The van der Waals surface area contributed by atoms with Crippen molar-refractivity contribution in [2.24, 2.45) is 5.92 Å². The number of fused-ring (bicyclic) bond motifs is 1. The number of likely N-dealkylation sites (tertiary alicyclic amines) is 1. The summed E-state index contributed by atoms with van der Waals surface area (Å²) < 4.78 is 21.8. The Hall–Kier alpha value is -2.93. The van der Waals surface area contributed by atoms with Crippen LogP contribution in [0.4, 0.5) is 4.79 Å². The van der Waals surface area contributed by atoms with Gasteiger partial charge in [0.2, 0.25) is 12.0 Å². The fourth-order valence-electron chi connectivity index (χ4n) is 4.29. The van der Waals surface area contributed by atoms with Crippen LogP contribution in [0.5, 0.6) is 17.2 Å². The highest BCUT2D eigenvalue weighted by atomic mass is 35.5. The molecule has 2 aliphatic heterocycles. The van der Waals surface area contributed by atoms with Crippen molar-refractivity contribution in [3.05, 3.63) is 53.6 Å². The lowest BCUT2D eigenvalue weighted by atomic mass is 9.83. The van der Waals surface area contributed by atoms with Gasteiger partial charge in [-0.2, -0.15) is 0 Å². The molecule has 2 aliphatic rings. The van der Waals surface area contributed by atoms with Gasteiger partial charge in [0, 0.05) is 12.5 Å². The fourth-order valence-corrected chi connectivity index (χ4v) is 4.56. The van der Waals surface area contributed by atoms with Gasteiger partial charge < -0.3 is 18.9 Å². The van der Waals surface area contributed by atoms with Crippen molar-refractivity contribution in [3.63, 3.8) is 0 Å². The largest absolute Gasteiger partial charge is 0.497 e. The predicted molar refractivity (Wildman–Crippen MR) is 118 cm³/mol. The molecule has 7 nitrogen and oxygen atoms in total. The molecule has 1 fully saturated rings. The van der Waals surface area contributed by atoms with Gasteiger partial charge in [0.25, 0.3) is 0 Å². The maximum Gasteiger partial charge on any atom is 0.410 e. The Morgan fingerprint density at radius 3 is 2.31 bits per heavy atom. The molecule has 4 rings (SSSR count). The van der Waals surface area contributed by atoms with E-state index in [1.54, 1.807) is 24.1 Å². The topological polar surface area (TPSA) is 74.3 Å². The van der Waals surface area contributed by atoms with Gasteiger partial charge >= 0.3 is 6.09 Å². The molecule has 2 aromatic carbocycles. The number of nitrogens with zero attached hydrogens (tertiary/aromatic N) is 1. The summed E-state index contributed by atoms with van der Waals surface area (Å²) in [6.45, 7) is 5.85. The Bertz CT molecular complexity index is 1020. The first-order chi connectivity index (χ1) is 15.2. The van der Waals surface area contributed by atoms with Gasteiger partial charge in [-0.05, 0) is 67.8 Å². The number of halogens is 1. The molecule has 0 saturated carbocycles. The van der Waals surface area contributed by atoms with Crippen LogP contribution in [0.3, 0.4) is 0 Å². The SMILES string of the molecule is COc1ccc([C@H]2[C@H](C(=O)Cl)[C@@H](c3ccc4c(c3)OCO4)CN2C(=O)OC(C)(C)C)cc1. The number of benzene rings is 2. The van der Waals surface area contributed by atoms with Gasteiger partial charge in [0.1, 0.15) is 11.4 Å². The van der Waals surface area contributed by atoms with Crippen LogP contribution in [0, 0.1) is 5.92 Å². The van der Waals surface area contributed by atoms with Crippen molar-refractivity contribution in [2.45, 2.75) is 38.3 Å². The Labute approximate surface area is 192 Å². The standard InChI is InChI=1S/C24H26ClNO6/c1-24(2,3)32-23(28)26-12-17(15-7-10-18-19(11-15)31-13-30-18)20(22(25)27)21(26)14-5-8-16(29-4)9-6-14/h5-11,17,20-21H,12-13H2,1-4H3/t17-,20-,21+/m1/s1. The molecule has 1 amide bonds. The second-order valence-electron chi connectivity index (χ2n) is 8.90. The third-order valence-electron chi connectivity index (χ3n) is 5.68. The van der Waals surface area contributed by atoms with Gasteiger partial charge in [-0.1, -0.05) is 18.2 Å². The highest BCUT2D eigenvalue weighted by Gasteiger charge is 2.49. The van der Waals surface area contributed by atoms with E-state index in [4.69, 9.17) is 30.5 Å². The van der Waals surface area contributed by atoms with Crippen molar-refractivity contribution < 1.29 is 28.5 Å². The van der Waals surface area contributed by atoms with Crippen LogP contribution in [-0.2, 0) is 9.53 Å².